The molecule has 41 heavy (non-hydrogen) atoms. The lowest BCUT2D eigenvalue weighted by Gasteiger charge is -2.15. The summed E-state index contributed by atoms with van der Waals surface area (Å²) in [4.78, 5) is 12.1. The van der Waals surface area contributed by atoms with E-state index in [1.165, 1.54) is 57.8 Å². The van der Waals surface area contributed by atoms with E-state index in [4.69, 9.17) is 9.47 Å². The summed E-state index contributed by atoms with van der Waals surface area (Å²) in [5.74, 6) is -0.286. The van der Waals surface area contributed by atoms with Crippen molar-refractivity contribution in [3.05, 3.63) is 72.9 Å². The summed E-state index contributed by atoms with van der Waals surface area (Å²) in [6.07, 6.45) is 45.1. The number of hydrogen-bond donors (Lipinski definition) is 1. The smallest absolute Gasteiger partial charge is 0.306 e. The van der Waals surface area contributed by atoms with Crippen molar-refractivity contribution < 1.29 is 19.4 Å². The third kappa shape index (κ3) is 32.2. The molecule has 0 aromatic heterocycles. The Balaban J connectivity index is 3.67. The van der Waals surface area contributed by atoms with Gasteiger partial charge in [0.2, 0.25) is 0 Å². The maximum absolute atomic E-state index is 12.1. The fourth-order valence-corrected chi connectivity index (χ4v) is 4.12. The highest BCUT2D eigenvalue weighted by Crippen LogP contribution is 2.10. The first-order chi connectivity index (χ1) is 20.2. The maximum Gasteiger partial charge on any atom is 0.306 e. The van der Waals surface area contributed by atoms with Gasteiger partial charge in [0.1, 0.15) is 6.10 Å². The average molecular weight is 571 g/mol. The van der Waals surface area contributed by atoms with Gasteiger partial charge in [-0.3, -0.25) is 4.79 Å². The number of unbranched alkanes of at least 4 members (excludes halogenated alkanes) is 9. The van der Waals surface area contributed by atoms with Crippen LogP contribution in [0.1, 0.15) is 129 Å². The van der Waals surface area contributed by atoms with Crippen molar-refractivity contribution in [1.82, 2.24) is 0 Å². The van der Waals surface area contributed by atoms with Crippen molar-refractivity contribution >= 4 is 5.97 Å². The molecule has 0 aromatic rings. The molecule has 0 saturated heterocycles. The molecule has 4 heteroatoms. The van der Waals surface area contributed by atoms with Crippen LogP contribution in [0.5, 0.6) is 0 Å². The average Bonchev–Trinajstić information content (AvgIpc) is 2.98. The molecule has 0 aliphatic heterocycles. The van der Waals surface area contributed by atoms with Crippen LogP contribution in [0.3, 0.4) is 0 Å². The summed E-state index contributed by atoms with van der Waals surface area (Å²) in [5, 5.41) is 9.50. The predicted octanol–water partition coefficient (Wildman–Crippen LogP) is 10.3. The molecule has 0 rings (SSSR count). The van der Waals surface area contributed by atoms with Crippen LogP contribution in [0.25, 0.3) is 0 Å². The first kappa shape index (κ1) is 38.8. The Labute approximate surface area is 253 Å². The first-order valence-electron chi connectivity index (χ1n) is 16.5. The Bertz CT molecular complexity index is 729. The van der Waals surface area contributed by atoms with E-state index in [1.54, 1.807) is 0 Å². The van der Waals surface area contributed by atoms with Gasteiger partial charge in [-0.2, -0.15) is 0 Å². The number of allylic oxidation sites excluding steroid dienone is 12. The Morgan fingerprint density at radius 2 is 1.05 bits per heavy atom. The Kier molecular flexibility index (Phi) is 32.2. The molecule has 1 atom stereocenters. The van der Waals surface area contributed by atoms with Crippen LogP contribution < -0.4 is 0 Å². The number of aliphatic hydroxyl groups is 1. The molecule has 0 bridgehead atoms. The van der Waals surface area contributed by atoms with Gasteiger partial charge in [0.25, 0.3) is 0 Å². The predicted molar refractivity (Wildman–Crippen MR) is 177 cm³/mol. The van der Waals surface area contributed by atoms with Gasteiger partial charge in [-0.25, -0.2) is 0 Å². The molecule has 0 aliphatic carbocycles. The fourth-order valence-electron chi connectivity index (χ4n) is 4.12. The van der Waals surface area contributed by atoms with Gasteiger partial charge in [-0.15, -0.1) is 0 Å². The lowest BCUT2D eigenvalue weighted by atomic mass is 10.1. The van der Waals surface area contributed by atoms with Crippen LogP contribution in [0.4, 0.5) is 0 Å². The van der Waals surface area contributed by atoms with E-state index in [2.05, 4.69) is 80.7 Å². The molecule has 0 radical (unpaired) electrons. The second-order valence-corrected chi connectivity index (χ2v) is 10.5. The Morgan fingerprint density at radius 1 is 0.610 bits per heavy atom. The summed E-state index contributed by atoms with van der Waals surface area (Å²) >= 11 is 0. The van der Waals surface area contributed by atoms with E-state index in [-0.39, 0.29) is 19.2 Å². The Hall–Kier alpha value is -2.17. The van der Waals surface area contributed by atoms with Crippen LogP contribution in [-0.2, 0) is 14.3 Å². The molecule has 0 fully saturated rings. The molecule has 234 valence electrons. The van der Waals surface area contributed by atoms with Crippen LogP contribution in [-0.4, -0.2) is 37.0 Å². The van der Waals surface area contributed by atoms with Gasteiger partial charge in [-0.05, 0) is 51.4 Å². The van der Waals surface area contributed by atoms with Crippen molar-refractivity contribution in [3.63, 3.8) is 0 Å². The summed E-state index contributed by atoms with van der Waals surface area (Å²) in [6, 6.07) is 0. The number of rotatable bonds is 29. The highest BCUT2D eigenvalue weighted by atomic mass is 16.6. The zero-order valence-electron chi connectivity index (χ0n) is 26.5. The van der Waals surface area contributed by atoms with E-state index < -0.39 is 6.10 Å². The number of hydrogen-bond acceptors (Lipinski definition) is 4. The minimum Gasteiger partial charge on any atom is -0.457 e. The molecule has 0 spiro atoms. The molecule has 4 nitrogen and oxygen atoms in total. The summed E-state index contributed by atoms with van der Waals surface area (Å²) < 4.78 is 11.0. The van der Waals surface area contributed by atoms with E-state index in [9.17, 15) is 9.90 Å². The van der Waals surface area contributed by atoms with Crippen molar-refractivity contribution in [3.8, 4) is 0 Å². The highest BCUT2D eigenvalue weighted by molar-refractivity contribution is 5.69. The molecule has 0 aromatic carbocycles. The van der Waals surface area contributed by atoms with Crippen molar-refractivity contribution in [2.24, 2.45) is 0 Å². The molecule has 0 aliphatic rings. The third-order valence-corrected chi connectivity index (χ3v) is 6.56. The second kappa shape index (κ2) is 34.0. The fraction of sp³-hybridized carbons (Fsp3) is 0.649. The number of carbonyl (C=O) groups excluding carboxylic acids is 1. The monoisotopic (exact) mass is 570 g/mol. The number of aliphatic hydroxyl groups excluding tert-OH is 1. The summed E-state index contributed by atoms with van der Waals surface area (Å²) in [6.45, 7) is 5.12. The lowest BCUT2D eigenvalue weighted by Crippen LogP contribution is -2.27. The van der Waals surface area contributed by atoms with Crippen LogP contribution in [0.15, 0.2) is 72.9 Å². The van der Waals surface area contributed by atoms with Gasteiger partial charge in [-0.1, -0.05) is 145 Å². The van der Waals surface area contributed by atoms with Crippen molar-refractivity contribution in [2.75, 3.05) is 19.8 Å². The zero-order chi connectivity index (χ0) is 29.9. The molecule has 0 amide bonds. The molecule has 0 saturated carbocycles. The quantitative estimate of drug-likeness (QED) is 0.0552. The third-order valence-electron chi connectivity index (χ3n) is 6.56. The van der Waals surface area contributed by atoms with Crippen LogP contribution in [0.2, 0.25) is 0 Å². The number of carbonyl (C=O) groups is 1. The second-order valence-electron chi connectivity index (χ2n) is 10.5. The van der Waals surface area contributed by atoms with Gasteiger partial charge >= 0.3 is 5.97 Å². The molecular weight excluding hydrogens is 508 g/mol. The van der Waals surface area contributed by atoms with E-state index in [1.807, 2.05) is 6.08 Å². The Morgan fingerprint density at radius 3 is 1.51 bits per heavy atom. The van der Waals surface area contributed by atoms with E-state index in [0.717, 1.165) is 44.9 Å². The summed E-state index contributed by atoms with van der Waals surface area (Å²) in [7, 11) is 0. The normalized spacial score (nSPS) is 13.3. The van der Waals surface area contributed by atoms with Crippen LogP contribution >= 0.6 is 0 Å². The highest BCUT2D eigenvalue weighted by Gasteiger charge is 2.13. The standard InChI is InChI=1S/C37H62O4/c1-3-5-7-9-11-13-15-16-17-18-19-20-21-22-23-24-26-28-30-32-37(39)41-36(34-38)35-40-33-31-29-27-25-14-12-10-8-6-4-2/h5,7,11,13,16-17,19-20,22-23,26,28,36,38H,3-4,6,8-10,12,14-15,18,21,24-25,27,29-35H2,1-2H3/b7-5-,13-11-,17-16-,20-19-,23-22-,28-26-. The topological polar surface area (TPSA) is 55.8 Å². The molecule has 0 heterocycles. The number of ether oxygens (including phenoxy) is 2. The molecular formula is C37H62O4. The molecule has 1 N–H and O–H groups in total. The van der Waals surface area contributed by atoms with Gasteiger partial charge in [0, 0.05) is 13.0 Å². The summed E-state index contributed by atoms with van der Waals surface area (Å²) in [5.41, 5.74) is 0. The van der Waals surface area contributed by atoms with Gasteiger partial charge in [0.05, 0.1) is 13.2 Å². The zero-order valence-corrected chi connectivity index (χ0v) is 26.5. The van der Waals surface area contributed by atoms with E-state index >= 15 is 0 Å². The van der Waals surface area contributed by atoms with Crippen molar-refractivity contribution in [1.29, 1.82) is 0 Å². The first-order valence-corrected chi connectivity index (χ1v) is 16.5. The van der Waals surface area contributed by atoms with Gasteiger partial charge in [0.15, 0.2) is 0 Å². The largest absolute Gasteiger partial charge is 0.457 e. The number of esters is 1. The van der Waals surface area contributed by atoms with Crippen LogP contribution in [0, 0.1) is 0 Å². The SMILES string of the molecule is CC/C=C\C/C=C\C/C=C\C/C=C\C/C=C\C/C=C\CCC(=O)OC(CO)COCCCCCCCCCCCC. The van der Waals surface area contributed by atoms with Gasteiger partial charge < -0.3 is 14.6 Å². The molecule has 1 unspecified atom stereocenters. The van der Waals surface area contributed by atoms with E-state index in [0.29, 0.717) is 19.4 Å². The lowest BCUT2D eigenvalue weighted by molar-refractivity contribution is -0.154. The maximum atomic E-state index is 12.1. The van der Waals surface area contributed by atoms with Crippen molar-refractivity contribution in [2.45, 2.75) is 136 Å². The minimum absolute atomic E-state index is 0.205. The minimum atomic E-state index is -0.573.